The molecule has 1 amide bonds. The molecule has 3 rings (SSSR count). The number of sulfonamides is 1. The average molecular weight is 401 g/mol. The summed E-state index contributed by atoms with van der Waals surface area (Å²) in [7, 11) is -3.79. The van der Waals surface area contributed by atoms with E-state index in [0.717, 1.165) is 36.8 Å². The molecule has 28 heavy (non-hydrogen) atoms. The highest BCUT2D eigenvalue weighted by molar-refractivity contribution is 7.92. The van der Waals surface area contributed by atoms with E-state index in [-0.39, 0.29) is 16.8 Å². The summed E-state index contributed by atoms with van der Waals surface area (Å²) in [4.78, 5) is 12.7. The Kier molecular flexibility index (Phi) is 6.08. The van der Waals surface area contributed by atoms with Crippen LogP contribution in [-0.4, -0.2) is 20.4 Å². The molecule has 1 saturated carbocycles. The fourth-order valence-electron chi connectivity index (χ4n) is 3.56. The zero-order chi connectivity index (χ0) is 20.3. The van der Waals surface area contributed by atoms with Gasteiger partial charge in [0.25, 0.3) is 15.9 Å². The Bertz CT molecular complexity index is 977. The van der Waals surface area contributed by atoms with E-state index in [2.05, 4.69) is 10.0 Å². The minimum Gasteiger partial charge on any atom is -0.349 e. The Labute approximate surface area is 167 Å². The zero-order valence-electron chi connectivity index (χ0n) is 16.7. The second kappa shape index (κ2) is 8.35. The number of nitrogens with one attached hydrogen (secondary N) is 2. The van der Waals surface area contributed by atoms with E-state index < -0.39 is 10.0 Å². The SMILES string of the molecule is Cc1ccc(NS(=O)(=O)c2cc(C(=O)NC3CCCCC3)ccc2C)cc1C. The largest absolute Gasteiger partial charge is 0.349 e. The molecular weight excluding hydrogens is 372 g/mol. The molecule has 0 saturated heterocycles. The number of aryl methyl sites for hydroxylation is 3. The first-order chi connectivity index (χ1) is 13.3. The van der Waals surface area contributed by atoms with Gasteiger partial charge in [-0.2, -0.15) is 0 Å². The summed E-state index contributed by atoms with van der Waals surface area (Å²) in [6.07, 6.45) is 5.42. The van der Waals surface area contributed by atoms with E-state index in [1.165, 1.54) is 12.5 Å². The van der Waals surface area contributed by atoms with E-state index in [1.807, 2.05) is 26.0 Å². The van der Waals surface area contributed by atoms with E-state index in [0.29, 0.717) is 16.8 Å². The lowest BCUT2D eigenvalue weighted by atomic mass is 9.95. The van der Waals surface area contributed by atoms with Gasteiger partial charge in [0.2, 0.25) is 0 Å². The Balaban J connectivity index is 1.83. The summed E-state index contributed by atoms with van der Waals surface area (Å²) in [6, 6.07) is 10.4. The highest BCUT2D eigenvalue weighted by Crippen LogP contribution is 2.23. The van der Waals surface area contributed by atoms with Crippen molar-refractivity contribution in [3.8, 4) is 0 Å². The molecule has 2 N–H and O–H groups in total. The summed E-state index contributed by atoms with van der Waals surface area (Å²) >= 11 is 0. The molecule has 2 aromatic carbocycles. The van der Waals surface area contributed by atoms with Gasteiger partial charge in [-0.05, 0) is 74.6 Å². The maximum absolute atomic E-state index is 12.9. The Morgan fingerprint density at radius 3 is 2.25 bits per heavy atom. The topological polar surface area (TPSA) is 75.3 Å². The quantitative estimate of drug-likeness (QED) is 0.777. The van der Waals surface area contributed by atoms with Gasteiger partial charge in [0, 0.05) is 17.3 Å². The number of hydrogen-bond donors (Lipinski definition) is 2. The highest BCUT2D eigenvalue weighted by atomic mass is 32.2. The summed E-state index contributed by atoms with van der Waals surface area (Å²) in [5.74, 6) is -0.213. The second-order valence-electron chi connectivity index (χ2n) is 7.69. The first-order valence-electron chi connectivity index (χ1n) is 9.78. The molecule has 5 nitrogen and oxygen atoms in total. The smallest absolute Gasteiger partial charge is 0.262 e. The summed E-state index contributed by atoms with van der Waals surface area (Å²) in [5.41, 5.74) is 3.60. The van der Waals surface area contributed by atoms with Crippen LogP contribution in [-0.2, 0) is 10.0 Å². The first kappa shape index (κ1) is 20.4. The van der Waals surface area contributed by atoms with Crippen molar-refractivity contribution in [3.05, 3.63) is 58.7 Å². The molecule has 1 aliphatic rings. The van der Waals surface area contributed by atoms with E-state index >= 15 is 0 Å². The highest BCUT2D eigenvalue weighted by Gasteiger charge is 2.21. The van der Waals surface area contributed by atoms with Crippen molar-refractivity contribution in [1.29, 1.82) is 0 Å². The minimum atomic E-state index is -3.79. The number of carbonyl (C=O) groups is 1. The van der Waals surface area contributed by atoms with Gasteiger partial charge in [0.05, 0.1) is 4.90 Å². The number of anilines is 1. The van der Waals surface area contributed by atoms with Crippen molar-refractivity contribution in [2.75, 3.05) is 4.72 Å². The molecule has 0 aliphatic heterocycles. The third-order valence-electron chi connectivity index (χ3n) is 5.44. The molecule has 0 atom stereocenters. The summed E-state index contributed by atoms with van der Waals surface area (Å²) in [6.45, 7) is 5.65. The third kappa shape index (κ3) is 4.73. The molecule has 1 aliphatic carbocycles. The van der Waals surface area contributed by atoms with Crippen LogP contribution in [0.2, 0.25) is 0 Å². The molecule has 0 bridgehead atoms. The predicted molar refractivity (Wildman–Crippen MR) is 112 cm³/mol. The molecule has 150 valence electrons. The standard InChI is InChI=1S/C22H28N2O3S/c1-15-10-12-20(13-17(15)3)24-28(26,27)21-14-18(11-9-16(21)2)22(25)23-19-7-5-4-6-8-19/h9-14,19,24H,4-8H2,1-3H3,(H,23,25). The second-order valence-corrected chi connectivity index (χ2v) is 9.34. The number of hydrogen-bond acceptors (Lipinski definition) is 3. The third-order valence-corrected chi connectivity index (χ3v) is 6.96. The minimum absolute atomic E-state index is 0.127. The van der Waals surface area contributed by atoms with Crippen molar-refractivity contribution in [1.82, 2.24) is 5.32 Å². The maximum Gasteiger partial charge on any atom is 0.262 e. The molecular formula is C22H28N2O3S. The lowest BCUT2D eigenvalue weighted by molar-refractivity contribution is 0.0927. The van der Waals surface area contributed by atoms with Gasteiger partial charge < -0.3 is 5.32 Å². The van der Waals surface area contributed by atoms with Crippen LogP contribution in [0.5, 0.6) is 0 Å². The van der Waals surface area contributed by atoms with Crippen LogP contribution in [0, 0.1) is 20.8 Å². The maximum atomic E-state index is 12.9. The summed E-state index contributed by atoms with van der Waals surface area (Å²) in [5, 5.41) is 3.04. The normalized spacial score (nSPS) is 15.2. The number of carbonyl (C=O) groups excluding carboxylic acids is 1. The van der Waals surface area contributed by atoms with E-state index in [1.54, 1.807) is 25.1 Å². The van der Waals surface area contributed by atoms with Crippen molar-refractivity contribution in [3.63, 3.8) is 0 Å². The molecule has 6 heteroatoms. The van der Waals surface area contributed by atoms with E-state index in [9.17, 15) is 13.2 Å². The van der Waals surface area contributed by atoms with Crippen molar-refractivity contribution in [2.45, 2.75) is 63.8 Å². The predicted octanol–water partition coefficient (Wildman–Crippen LogP) is 4.48. The van der Waals surface area contributed by atoms with Gasteiger partial charge in [0.15, 0.2) is 0 Å². The summed E-state index contributed by atoms with van der Waals surface area (Å²) < 4.78 is 28.5. The van der Waals surface area contributed by atoms with Gasteiger partial charge in [-0.3, -0.25) is 9.52 Å². The molecule has 0 heterocycles. The number of amides is 1. The Morgan fingerprint density at radius 1 is 0.893 bits per heavy atom. The van der Waals surface area contributed by atoms with Crippen LogP contribution < -0.4 is 10.0 Å². The van der Waals surface area contributed by atoms with Crippen LogP contribution in [0.3, 0.4) is 0 Å². The molecule has 0 radical (unpaired) electrons. The molecule has 2 aromatic rings. The average Bonchev–Trinajstić information content (AvgIpc) is 2.65. The van der Waals surface area contributed by atoms with Crippen LogP contribution in [0.1, 0.15) is 59.2 Å². The fraction of sp³-hybridized carbons (Fsp3) is 0.409. The Hall–Kier alpha value is -2.34. The van der Waals surface area contributed by atoms with Crippen molar-refractivity contribution >= 4 is 21.6 Å². The van der Waals surface area contributed by atoms with Gasteiger partial charge >= 0.3 is 0 Å². The van der Waals surface area contributed by atoms with Crippen LogP contribution in [0.25, 0.3) is 0 Å². The number of benzene rings is 2. The molecule has 1 fully saturated rings. The fourth-order valence-corrected chi connectivity index (χ4v) is 4.88. The van der Waals surface area contributed by atoms with Crippen molar-refractivity contribution < 1.29 is 13.2 Å². The van der Waals surface area contributed by atoms with Crippen LogP contribution in [0.15, 0.2) is 41.3 Å². The lowest BCUT2D eigenvalue weighted by Gasteiger charge is -2.23. The van der Waals surface area contributed by atoms with Gasteiger partial charge in [0.1, 0.15) is 0 Å². The van der Waals surface area contributed by atoms with E-state index in [4.69, 9.17) is 0 Å². The van der Waals surface area contributed by atoms with Crippen LogP contribution in [0.4, 0.5) is 5.69 Å². The monoisotopic (exact) mass is 400 g/mol. The van der Waals surface area contributed by atoms with Gasteiger partial charge in [-0.25, -0.2) is 8.42 Å². The lowest BCUT2D eigenvalue weighted by Crippen LogP contribution is -2.36. The molecule has 0 spiro atoms. The molecule has 0 aromatic heterocycles. The molecule has 0 unspecified atom stereocenters. The van der Waals surface area contributed by atoms with Crippen LogP contribution >= 0.6 is 0 Å². The van der Waals surface area contributed by atoms with Gasteiger partial charge in [-0.15, -0.1) is 0 Å². The first-order valence-corrected chi connectivity index (χ1v) is 11.3. The van der Waals surface area contributed by atoms with Crippen molar-refractivity contribution in [2.24, 2.45) is 0 Å². The van der Waals surface area contributed by atoms with Gasteiger partial charge in [-0.1, -0.05) is 31.4 Å². The zero-order valence-corrected chi connectivity index (χ0v) is 17.5. The Morgan fingerprint density at radius 2 is 1.57 bits per heavy atom. The number of rotatable bonds is 5.